The lowest BCUT2D eigenvalue weighted by atomic mass is 10.1. The molecular weight excluding hydrogens is 201 g/mol. The van der Waals surface area contributed by atoms with Gasteiger partial charge in [0.25, 0.3) is 6.17 Å². The zero-order valence-electron chi connectivity index (χ0n) is 8.14. The number of carbonyl (C=O) groups is 2. The molecule has 0 saturated heterocycles. The third-order valence-electron chi connectivity index (χ3n) is 1.69. The van der Waals surface area contributed by atoms with Crippen LogP contribution in [-0.4, -0.2) is 29.5 Å². The van der Waals surface area contributed by atoms with Gasteiger partial charge in [-0.25, -0.2) is 9.18 Å². The highest BCUT2D eigenvalue weighted by atomic mass is 19.1. The molecule has 80 valence electrons. The van der Waals surface area contributed by atoms with Crippen molar-refractivity contribution in [2.24, 2.45) is 0 Å². The third-order valence-corrected chi connectivity index (χ3v) is 1.69. The van der Waals surface area contributed by atoms with Gasteiger partial charge in [-0.05, 0) is 19.1 Å². The molecule has 0 aliphatic carbocycles. The fourth-order valence-corrected chi connectivity index (χ4v) is 0.985. The van der Waals surface area contributed by atoms with E-state index in [0.29, 0.717) is 0 Å². The van der Waals surface area contributed by atoms with E-state index in [1.165, 1.54) is 24.5 Å². The highest BCUT2D eigenvalue weighted by molar-refractivity contribution is 6.10. The summed E-state index contributed by atoms with van der Waals surface area (Å²) in [6, 6.07) is 2.68. The molecule has 0 aliphatic heterocycles. The minimum absolute atomic E-state index is 0.0445. The van der Waals surface area contributed by atoms with Crippen LogP contribution in [0.1, 0.15) is 17.3 Å². The lowest BCUT2D eigenvalue weighted by Gasteiger charge is -2.05. The van der Waals surface area contributed by atoms with Gasteiger partial charge in [0.15, 0.2) is 0 Å². The van der Waals surface area contributed by atoms with Crippen LogP contribution in [0.15, 0.2) is 24.5 Å². The van der Waals surface area contributed by atoms with Crippen molar-refractivity contribution < 1.29 is 18.7 Å². The summed E-state index contributed by atoms with van der Waals surface area (Å²) in [5.41, 5.74) is 0.102. The van der Waals surface area contributed by atoms with Gasteiger partial charge in [0.05, 0.1) is 6.61 Å². The maximum atomic E-state index is 13.2. The third kappa shape index (κ3) is 2.83. The van der Waals surface area contributed by atoms with Crippen molar-refractivity contribution in [3.05, 3.63) is 30.1 Å². The lowest BCUT2D eigenvalue weighted by Crippen LogP contribution is -2.27. The van der Waals surface area contributed by atoms with Gasteiger partial charge in [0, 0.05) is 18.0 Å². The molecule has 0 saturated carbocycles. The standard InChI is InChI=1S/C10H10FNO3/c1-2-15-10(14)8(11)9(13)7-3-5-12-6-4-7/h3-6,8H,2H2,1H3. The summed E-state index contributed by atoms with van der Waals surface area (Å²) in [7, 11) is 0. The highest BCUT2D eigenvalue weighted by Crippen LogP contribution is 2.06. The Morgan fingerprint density at radius 1 is 1.47 bits per heavy atom. The Hall–Kier alpha value is -1.78. The lowest BCUT2D eigenvalue weighted by molar-refractivity contribution is -0.147. The van der Waals surface area contributed by atoms with Crippen LogP contribution in [0, 0.1) is 0 Å². The molecule has 1 atom stereocenters. The van der Waals surface area contributed by atoms with Crippen LogP contribution in [0.25, 0.3) is 0 Å². The van der Waals surface area contributed by atoms with Crippen molar-refractivity contribution in [2.75, 3.05) is 6.61 Å². The van der Waals surface area contributed by atoms with Crippen molar-refractivity contribution in [3.63, 3.8) is 0 Å². The molecule has 0 spiro atoms. The van der Waals surface area contributed by atoms with Crippen molar-refractivity contribution in [1.82, 2.24) is 4.98 Å². The van der Waals surface area contributed by atoms with E-state index in [9.17, 15) is 14.0 Å². The molecule has 0 bridgehead atoms. The number of hydrogen-bond donors (Lipinski definition) is 0. The average Bonchev–Trinajstić information content (AvgIpc) is 2.28. The fraction of sp³-hybridized carbons (Fsp3) is 0.300. The van der Waals surface area contributed by atoms with Crippen LogP contribution in [0.4, 0.5) is 4.39 Å². The smallest absolute Gasteiger partial charge is 0.348 e. The fourth-order valence-electron chi connectivity index (χ4n) is 0.985. The van der Waals surface area contributed by atoms with Gasteiger partial charge in [-0.2, -0.15) is 0 Å². The second-order valence-corrected chi connectivity index (χ2v) is 2.71. The van der Waals surface area contributed by atoms with Crippen molar-refractivity contribution in [1.29, 1.82) is 0 Å². The second kappa shape index (κ2) is 5.19. The first kappa shape index (κ1) is 11.3. The van der Waals surface area contributed by atoms with E-state index in [1.54, 1.807) is 6.92 Å². The van der Waals surface area contributed by atoms with E-state index in [2.05, 4.69) is 9.72 Å². The summed E-state index contributed by atoms with van der Waals surface area (Å²) in [6.45, 7) is 1.59. The van der Waals surface area contributed by atoms with Crippen LogP contribution < -0.4 is 0 Å². The van der Waals surface area contributed by atoms with Gasteiger partial charge < -0.3 is 4.74 Å². The zero-order chi connectivity index (χ0) is 11.3. The molecule has 1 aromatic heterocycles. The summed E-state index contributed by atoms with van der Waals surface area (Å²) < 4.78 is 17.6. The molecule has 0 aromatic carbocycles. The zero-order valence-corrected chi connectivity index (χ0v) is 8.14. The number of hydrogen-bond acceptors (Lipinski definition) is 4. The summed E-state index contributed by atoms with van der Waals surface area (Å²) in [4.78, 5) is 26.0. The Morgan fingerprint density at radius 3 is 2.60 bits per heavy atom. The molecule has 0 fully saturated rings. The summed E-state index contributed by atoms with van der Waals surface area (Å²) in [5, 5.41) is 0. The summed E-state index contributed by atoms with van der Waals surface area (Å²) in [5.74, 6) is -2.06. The Labute approximate surface area is 86.1 Å². The molecule has 15 heavy (non-hydrogen) atoms. The topological polar surface area (TPSA) is 56.3 Å². The molecule has 0 radical (unpaired) electrons. The number of ether oxygens (including phenoxy) is 1. The van der Waals surface area contributed by atoms with Gasteiger partial charge in [-0.1, -0.05) is 0 Å². The SMILES string of the molecule is CCOC(=O)C(F)C(=O)c1ccncc1. The van der Waals surface area contributed by atoms with E-state index in [4.69, 9.17) is 0 Å². The Morgan fingerprint density at radius 2 is 2.07 bits per heavy atom. The van der Waals surface area contributed by atoms with Gasteiger partial charge in [0.2, 0.25) is 5.78 Å². The van der Waals surface area contributed by atoms with Crippen LogP contribution in [-0.2, 0) is 9.53 Å². The van der Waals surface area contributed by atoms with Gasteiger partial charge >= 0.3 is 5.97 Å². The van der Waals surface area contributed by atoms with Gasteiger partial charge in [0.1, 0.15) is 0 Å². The first-order valence-electron chi connectivity index (χ1n) is 4.41. The largest absolute Gasteiger partial charge is 0.463 e. The van der Waals surface area contributed by atoms with Gasteiger partial charge in [-0.15, -0.1) is 0 Å². The predicted octanol–water partition coefficient (Wildman–Crippen LogP) is 1.17. The number of nitrogens with zero attached hydrogens (tertiary/aromatic N) is 1. The molecule has 0 aliphatic rings. The maximum Gasteiger partial charge on any atom is 0.348 e. The van der Waals surface area contributed by atoms with Crippen LogP contribution in [0.5, 0.6) is 0 Å². The Balaban J connectivity index is 2.73. The molecule has 1 rings (SSSR count). The first-order chi connectivity index (χ1) is 7.16. The Kier molecular flexibility index (Phi) is 3.91. The summed E-state index contributed by atoms with van der Waals surface area (Å²) >= 11 is 0. The molecular formula is C10H10FNO3. The van der Waals surface area contributed by atoms with Crippen LogP contribution >= 0.6 is 0 Å². The number of ketones is 1. The summed E-state index contributed by atoms with van der Waals surface area (Å²) in [6.07, 6.45) is 0.447. The molecule has 4 nitrogen and oxygen atoms in total. The van der Waals surface area contributed by atoms with E-state index >= 15 is 0 Å². The minimum atomic E-state index is -2.26. The van der Waals surface area contributed by atoms with E-state index in [1.807, 2.05) is 0 Å². The molecule has 0 amide bonds. The number of esters is 1. The molecule has 1 heterocycles. The van der Waals surface area contributed by atoms with Crippen LogP contribution in [0.3, 0.4) is 0 Å². The second-order valence-electron chi connectivity index (χ2n) is 2.71. The quantitative estimate of drug-likeness (QED) is 0.426. The molecule has 0 N–H and O–H groups in total. The molecule has 1 unspecified atom stereocenters. The number of rotatable bonds is 4. The van der Waals surface area contributed by atoms with Gasteiger partial charge in [-0.3, -0.25) is 9.78 Å². The number of pyridine rings is 1. The minimum Gasteiger partial charge on any atom is -0.463 e. The monoisotopic (exact) mass is 211 g/mol. The average molecular weight is 211 g/mol. The van der Waals surface area contributed by atoms with Crippen LogP contribution in [0.2, 0.25) is 0 Å². The Bertz CT molecular complexity index is 353. The number of carbonyl (C=O) groups excluding carboxylic acids is 2. The molecule has 5 heteroatoms. The number of Topliss-reactive ketones (excluding diaryl/α,β-unsaturated/α-hetero) is 1. The van der Waals surface area contributed by atoms with Crippen molar-refractivity contribution in [2.45, 2.75) is 13.1 Å². The van der Waals surface area contributed by atoms with E-state index < -0.39 is 17.9 Å². The first-order valence-corrected chi connectivity index (χ1v) is 4.41. The highest BCUT2D eigenvalue weighted by Gasteiger charge is 2.28. The number of halogens is 1. The molecule has 1 aromatic rings. The van der Waals surface area contributed by atoms with E-state index in [-0.39, 0.29) is 12.2 Å². The predicted molar refractivity (Wildman–Crippen MR) is 50.1 cm³/mol. The van der Waals surface area contributed by atoms with Crippen molar-refractivity contribution >= 4 is 11.8 Å². The maximum absolute atomic E-state index is 13.2. The van der Waals surface area contributed by atoms with E-state index in [0.717, 1.165) is 0 Å². The number of alkyl halides is 1. The van der Waals surface area contributed by atoms with Crippen molar-refractivity contribution in [3.8, 4) is 0 Å². The number of aromatic nitrogens is 1. The normalized spacial score (nSPS) is 11.9.